The molecular formula is C18H17N5O4. The van der Waals surface area contributed by atoms with Crippen molar-refractivity contribution in [1.29, 1.82) is 0 Å². The minimum absolute atomic E-state index is 0.219. The molecule has 3 rings (SSSR count). The van der Waals surface area contributed by atoms with E-state index in [0.717, 1.165) is 28.7 Å². The number of non-ortho nitro benzene ring substituents is 1. The lowest BCUT2D eigenvalue weighted by Crippen LogP contribution is -2.05. The molecule has 27 heavy (non-hydrogen) atoms. The summed E-state index contributed by atoms with van der Waals surface area (Å²) in [6.45, 7) is 4.10. The number of nitro groups is 2. The quantitative estimate of drug-likeness (QED) is 0.521. The number of para-hydroxylation sites is 1. The summed E-state index contributed by atoms with van der Waals surface area (Å²) < 4.78 is 1.82. The molecule has 2 aromatic carbocycles. The summed E-state index contributed by atoms with van der Waals surface area (Å²) in [5, 5.41) is 29.6. The Kier molecular flexibility index (Phi) is 4.84. The molecule has 0 aliphatic rings. The molecule has 0 amide bonds. The summed E-state index contributed by atoms with van der Waals surface area (Å²) in [6.07, 6.45) is 0. The van der Waals surface area contributed by atoms with Crippen LogP contribution in [0.3, 0.4) is 0 Å². The van der Waals surface area contributed by atoms with Crippen LogP contribution in [0.1, 0.15) is 17.0 Å². The van der Waals surface area contributed by atoms with Gasteiger partial charge in [0.05, 0.1) is 27.3 Å². The molecule has 0 unspecified atom stereocenters. The largest absolute Gasteiger partial charge is 0.375 e. The minimum atomic E-state index is -0.658. The Morgan fingerprint density at radius 2 is 1.74 bits per heavy atom. The smallest absolute Gasteiger partial charge is 0.299 e. The van der Waals surface area contributed by atoms with Gasteiger partial charge in [0.25, 0.3) is 11.4 Å². The summed E-state index contributed by atoms with van der Waals surface area (Å²) in [7, 11) is 0. The van der Waals surface area contributed by atoms with Gasteiger partial charge in [-0.15, -0.1) is 0 Å². The molecule has 0 aliphatic carbocycles. The van der Waals surface area contributed by atoms with E-state index in [1.54, 1.807) is 0 Å². The van der Waals surface area contributed by atoms with E-state index in [1.165, 1.54) is 12.1 Å². The molecule has 3 aromatic rings. The zero-order valence-electron chi connectivity index (χ0n) is 14.7. The van der Waals surface area contributed by atoms with Gasteiger partial charge in [0, 0.05) is 23.9 Å². The maximum Gasteiger partial charge on any atom is 0.299 e. The van der Waals surface area contributed by atoms with Gasteiger partial charge in [0.15, 0.2) is 0 Å². The van der Waals surface area contributed by atoms with E-state index in [1.807, 2.05) is 48.9 Å². The van der Waals surface area contributed by atoms with Crippen LogP contribution < -0.4 is 5.32 Å². The summed E-state index contributed by atoms with van der Waals surface area (Å²) >= 11 is 0. The first-order valence-corrected chi connectivity index (χ1v) is 8.15. The van der Waals surface area contributed by atoms with Gasteiger partial charge in [0.1, 0.15) is 5.69 Å². The van der Waals surface area contributed by atoms with E-state index in [0.29, 0.717) is 6.54 Å². The van der Waals surface area contributed by atoms with Crippen LogP contribution in [-0.2, 0) is 6.54 Å². The highest BCUT2D eigenvalue weighted by Gasteiger charge is 2.20. The van der Waals surface area contributed by atoms with Gasteiger partial charge in [-0.25, -0.2) is 4.68 Å². The van der Waals surface area contributed by atoms with Crippen LogP contribution in [0.15, 0.2) is 48.5 Å². The number of anilines is 1. The third kappa shape index (κ3) is 3.61. The number of benzene rings is 2. The fourth-order valence-corrected chi connectivity index (χ4v) is 2.87. The Labute approximate surface area is 154 Å². The monoisotopic (exact) mass is 367 g/mol. The normalized spacial score (nSPS) is 10.6. The van der Waals surface area contributed by atoms with Crippen molar-refractivity contribution < 1.29 is 9.85 Å². The molecule has 9 heteroatoms. The highest BCUT2D eigenvalue weighted by atomic mass is 16.6. The zero-order chi connectivity index (χ0) is 19.6. The van der Waals surface area contributed by atoms with E-state index >= 15 is 0 Å². The number of nitrogens with zero attached hydrogens (tertiary/aromatic N) is 4. The van der Waals surface area contributed by atoms with E-state index < -0.39 is 9.85 Å². The van der Waals surface area contributed by atoms with E-state index in [4.69, 9.17) is 0 Å². The number of rotatable bonds is 6. The van der Waals surface area contributed by atoms with Crippen molar-refractivity contribution in [3.05, 3.63) is 85.7 Å². The predicted molar refractivity (Wildman–Crippen MR) is 100 cm³/mol. The summed E-state index contributed by atoms with van der Waals surface area (Å²) in [5.41, 5.74) is 3.10. The maximum absolute atomic E-state index is 11.3. The molecule has 1 N–H and O–H groups in total. The minimum Gasteiger partial charge on any atom is -0.375 e. The Morgan fingerprint density at radius 1 is 1.04 bits per heavy atom. The molecule has 9 nitrogen and oxygen atoms in total. The van der Waals surface area contributed by atoms with Gasteiger partial charge in [0.2, 0.25) is 0 Å². The predicted octanol–water partition coefficient (Wildman–Crippen LogP) is 3.92. The lowest BCUT2D eigenvalue weighted by Gasteiger charge is -2.08. The SMILES string of the molecule is Cc1nn(-c2ccccc2)c(C)c1CNc1ccc([N+](=O)[O-])cc1[N+](=O)[O-]. The van der Waals surface area contributed by atoms with Crippen LogP contribution in [0.4, 0.5) is 17.1 Å². The first-order valence-electron chi connectivity index (χ1n) is 8.15. The van der Waals surface area contributed by atoms with Crippen molar-refractivity contribution >= 4 is 17.1 Å². The van der Waals surface area contributed by atoms with Gasteiger partial charge >= 0.3 is 0 Å². The van der Waals surface area contributed by atoms with Crippen LogP contribution >= 0.6 is 0 Å². The van der Waals surface area contributed by atoms with Crippen molar-refractivity contribution in [2.24, 2.45) is 0 Å². The Bertz CT molecular complexity index is 1010. The second-order valence-corrected chi connectivity index (χ2v) is 5.97. The molecule has 0 aliphatic heterocycles. The molecule has 0 radical (unpaired) electrons. The first-order chi connectivity index (χ1) is 12.9. The summed E-state index contributed by atoms with van der Waals surface area (Å²) in [4.78, 5) is 20.8. The zero-order valence-corrected chi connectivity index (χ0v) is 14.7. The van der Waals surface area contributed by atoms with Crippen LogP contribution in [0, 0.1) is 34.1 Å². The Morgan fingerprint density at radius 3 is 2.37 bits per heavy atom. The lowest BCUT2D eigenvalue weighted by atomic mass is 10.1. The average Bonchev–Trinajstić information content (AvgIpc) is 2.94. The molecule has 0 bridgehead atoms. The van der Waals surface area contributed by atoms with Crippen molar-refractivity contribution in [3.63, 3.8) is 0 Å². The summed E-state index contributed by atoms with van der Waals surface area (Å²) in [6, 6.07) is 13.2. The topological polar surface area (TPSA) is 116 Å². The number of hydrogen-bond acceptors (Lipinski definition) is 6. The molecule has 0 saturated heterocycles. The van der Waals surface area contributed by atoms with Crippen LogP contribution in [0.2, 0.25) is 0 Å². The van der Waals surface area contributed by atoms with Gasteiger partial charge in [-0.3, -0.25) is 20.2 Å². The van der Waals surface area contributed by atoms with E-state index in [2.05, 4.69) is 10.4 Å². The van der Waals surface area contributed by atoms with Crippen molar-refractivity contribution in [3.8, 4) is 5.69 Å². The van der Waals surface area contributed by atoms with Crippen molar-refractivity contribution in [1.82, 2.24) is 9.78 Å². The van der Waals surface area contributed by atoms with Crippen LogP contribution in [0.25, 0.3) is 5.69 Å². The van der Waals surface area contributed by atoms with Crippen LogP contribution in [0.5, 0.6) is 0 Å². The number of hydrogen-bond donors (Lipinski definition) is 1. The Hall–Kier alpha value is -3.75. The fourth-order valence-electron chi connectivity index (χ4n) is 2.87. The molecule has 0 fully saturated rings. The molecule has 0 spiro atoms. The van der Waals surface area contributed by atoms with E-state index in [9.17, 15) is 20.2 Å². The van der Waals surface area contributed by atoms with Gasteiger partial charge in [-0.05, 0) is 32.0 Å². The molecule has 138 valence electrons. The fraction of sp³-hybridized carbons (Fsp3) is 0.167. The highest BCUT2D eigenvalue weighted by Crippen LogP contribution is 2.30. The van der Waals surface area contributed by atoms with Gasteiger partial charge in [-0.2, -0.15) is 5.10 Å². The van der Waals surface area contributed by atoms with Crippen molar-refractivity contribution in [2.75, 3.05) is 5.32 Å². The first kappa shape index (κ1) is 18.1. The van der Waals surface area contributed by atoms with E-state index in [-0.39, 0.29) is 17.1 Å². The third-order valence-electron chi connectivity index (χ3n) is 4.29. The molecule has 0 atom stereocenters. The second kappa shape index (κ2) is 7.24. The lowest BCUT2D eigenvalue weighted by molar-refractivity contribution is -0.393. The third-order valence-corrected chi connectivity index (χ3v) is 4.29. The highest BCUT2D eigenvalue weighted by molar-refractivity contribution is 5.65. The van der Waals surface area contributed by atoms with Crippen molar-refractivity contribution in [2.45, 2.75) is 20.4 Å². The average molecular weight is 367 g/mol. The maximum atomic E-state index is 11.3. The molecule has 0 saturated carbocycles. The van der Waals surface area contributed by atoms with Gasteiger partial charge in [-0.1, -0.05) is 18.2 Å². The number of aryl methyl sites for hydroxylation is 1. The second-order valence-electron chi connectivity index (χ2n) is 5.97. The Balaban J connectivity index is 1.89. The van der Waals surface area contributed by atoms with Gasteiger partial charge < -0.3 is 5.32 Å². The molecule has 1 heterocycles. The standard InChI is InChI=1S/C18H17N5O4/c1-12-16(13(2)21(20-12)14-6-4-3-5-7-14)11-19-17-9-8-15(22(24)25)10-18(17)23(26)27/h3-10,19H,11H2,1-2H3. The number of nitrogens with one attached hydrogen (secondary N) is 1. The number of nitro benzene ring substituents is 2. The number of aromatic nitrogens is 2. The molecule has 1 aromatic heterocycles. The summed E-state index contributed by atoms with van der Waals surface area (Å²) in [5.74, 6) is 0. The molecular weight excluding hydrogens is 350 g/mol. The van der Waals surface area contributed by atoms with Crippen LogP contribution in [-0.4, -0.2) is 19.6 Å².